The van der Waals surface area contributed by atoms with Gasteiger partial charge in [-0.2, -0.15) is 11.8 Å². The summed E-state index contributed by atoms with van der Waals surface area (Å²) in [5.41, 5.74) is 2.26. The largest absolute Gasteiger partial charge is 0.460 e. The van der Waals surface area contributed by atoms with Crippen molar-refractivity contribution in [1.29, 1.82) is 0 Å². The van der Waals surface area contributed by atoms with Crippen molar-refractivity contribution in [3.8, 4) is 0 Å². The average Bonchev–Trinajstić information content (AvgIpc) is 2.59. The van der Waals surface area contributed by atoms with Crippen molar-refractivity contribution in [2.24, 2.45) is 0 Å². The van der Waals surface area contributed by atoms with Gasteiger partial charge in [-0.05, 0) is 24.3 Å². The van der Waals surface area contributed by atoms with E-state index in [2.05, 4.69) is 38.1 Å². The van der Waals surface area contributed by atoms with Crippen LogP contribution in [0.4, 0.5) is 0 Å². The van der Waals surface area contributed by atoms with E-state index < -0.39 is 0 Å². The minimum absolute atomic E-state index is 0.977. The molecule has 0 fully saturated rings. The molecule has 1 aromatic carbocycles. The molecule has 0 spiro atoms. The van der Waals surface area contributed by atoms with Crippen LogP contribution in [-0.2, 0) is 5.75 Å². The Labute approximate surface area is 88.5 Å². The van der Waals surface area contributed by atoms with Crippen LogP contribution in [0.1, 0.15) is 18.2 Å². The molecule has 0 bridgehead atoms. The van der Waals surface area contributed by atoms with E-state index in [-0.39, 0.29) is 0 Å². The number of furan rings is 1. The molecule has 1 heterocycles. The molecule has 1 aromatic heterocycles. The highest BCUT2D eigenvalue weighted by Gasteiger charge is 2.04. The van der Waals surface area contributed by atoms with Gasteiger partial charge in [-0.3, -0.25) is 0 Å². The van der Waals surface area contributed by atoms with Gasteiger partial charge in [0.1, 0.15) is 11.3 Å². The van der Waals surface area contributed by atoms with Crippen LogP contribution >= 0.6 is 11.8 Å². The Morgan fingerprint density at radius 2 is 2.21 bits per heavy atom. The fourth-order valence-electron chi connectivity index (χ4n) is 1.54. The Morgan fingerprint density at radius 1 is 1.36 bits per heavy atom. The van der Waals surface area contributed by atoms with E-state index in [4.69, 9.17) is 4.42 Å². The van der Waals surface area contributed by atoms with Gasteiger partial charge < -0.3 is 4.42 Å². The maximum absolute atomic E-state index is 5.78. The number of hydrogen-bond acceptors (Lipinski definition) is 2. The van der Waals surface area contributed by atoms with E-state index >= 15 is 0 Å². The lowest BCUT2D eigenvalue weighted by molar-refractivity contribution is 0.572. The van der Waals surface area contributed by atoms with Gasteiger partial charge in [-0.1, -0.05) is 25.1 Å². The van der Waals surface area contributed by atoms with Gasteiger partial charge in [-0.15, -0.1) is 0 Å². The minimum atomic E-state index is 0.977. The van der Waals surface area contributed by atoms with Crippen molar-refractivity contribution >= 4 is 22.7 Å². The summed E-state index contributed by atoms with van der Waals surface area (Å²) >= 11 is 1.89. The zero-order valence-electron chi connectivity index (χ0n) is 8.54. The molecule has 0 aliphatic carbocycles. The number of benzene rings is 1. The Hall–Kier alpha value is -0.890. The Kier molecular flexibility index (Phi) is 2.82. The predicted octanol–water partition coefficient (Wildman–Crippen LogP) is 3.99. The van der Waals surface area contributed by atoms with E-state index in [0.717, 1.165) is 22.8 Å². The molecule has 0 atom stereocenters. The number of rotatable bonds is 3. The van der Waals surface area contributed by atoms with E-state index in [1.807, 2.05) is 11.8 Å². The lowest BCUT2D eigenvalue weighted by atomic mass is 10.2. The normalized spacial score (nSPS) is 11.0. The molecule has 0 saturated heterocycles. The molecule has 1 nitrogen and oxygen atoms in total. The molecule has 0 saturated carbocycles. The SMILES string of the molecule is CCSCc1cc2cccc(C)c2o1. The summed E-state index contributed by atoms with van der Waals surface area (Å²) in [6, 6.07) is 8.41. The van der Waals surface area contributed by atoms with Crippen LogP contribution in [0.2, 0.25) is 0 Å². The van der Waals surface area contributed by atoms with Gasteiger partial charge >= 0.3 is 0 Å². The summed E-state index contributed by atoms with van der Waals surface area (Å²) in [5.74, 6) is 3.20. The average molecular weight is 206 g/mol. The summed E-state index contributed by atoms with van der Waals surface area (Å²) in [5, 5.41) is 1.22. The van der Waals surface area contributed by atoms with Gasteiger partial charge in [0, 0.05) is 5.39 Å². The fraction of sp³-hybridized carbons (Fsp3) is 0.333. The molecule has 0 amide bonds. The first kappa shape index (κ1) is 9.66. The second kappa shape index (κ2) is 4.09. The summed E-state index contributed by atoms with van der Waals surface area (Å²) in [4.78, 5) is 0. The molecule has 0 aliphatic heterocycles. The third-order valence-electron chi connectivity index (χ3n) is 2.24. The zero-order chi connectivity index (χ0) is 9.97. The first-order valence-corrected chi connectivity index (χ1v) is 6.02. The van der Waals surface area contributed by atoms with Crippen molar-refractivity contribution in [1.82, 2.24) is 0 Å². The molecule has 2 heteroatoms. The molecule has 0 aliphatic rings. The highest BCUT2D eigenvalue weighted by molar-refractivity contribution is 7.98. The third-order valence-corrected chi connectivity index (χ3v) is 3.14. The highest BCUT2D eigenvalue weighted by atomic mass is 32.2. The highest BCUT2D eigenvalue weighted by Crippen LogP contribution is 2.24. The van der Waals surface area contributed by atoms with Crippen molar-refractivity contribution in [2.75, 3.05) is 5.75 Å². The van der Waals surface area contributed by atoms with Crippen LogP contribution in [-0.4, -0.2) is 5.75 Å². The molecule has 0 unspecified atom stereocenters. The second-order valence-corrected chi connectivity index (χ2v) is 4.62. The van der Waals surface area contributed by atoms with Crippen LogP contribution in [0.15, 0.2) is 28.7 Å². The number of para-hydroxylation sites is 1. The molecular formula is C12H14OS. The summed E-state index contributed by atoms with van der Waals surface area (Å²) in [6.07, 6.45) is 0. The first-order chi connectivity index (χ1) is 6.81. The molecule has 0 radical (unpaired) electrons. The zero-order valence-corrected chi connectivity index (χ0v) is 9.36. The summed E-state index contributed by atoms with van der Waals surface area (Å²) in [7, 11) is 0. The van der Waals surface area contributed by atoms with Crippen LogP contribution < -0.4 is 0 Å². The third kappa shape index (κ3) is 1.80. The fourth-order valence-corrected chi connectivity index (χ4v) is 2.08. The van der Waals surface area contributed by atoms with E-state index in [0.29, 0.717) is 0 Å². The van der Waals surface area contributed by atoms with E-state index in [1.165, 1.54) is 10.9 Å². The van der Waals surface area contributed by atoms with Crippen LogP contribution in [0.5, 0.6) is 0 Å². The summed E-state index contributed by atoms with van der Waals surface area (Å²) < 4.78 is 5.78. The maximum atomic E-state index is 5.78. The quantitative estimate of drug-likeness (QED) is 0.753. The lowest BCUT2D eigenvalue weighted by Gasteiger charge is -1.93. The monoisotopic (exact) mass is 206 g/mol. The van der Waals surface area contributed by atoms with Gasteiger partial charge in [0.05, 0.1) is 5.75 Å². The van der Waals surface area contributed by atoms with Gasteiger partial charge in [-0.25, -0.2) is 0 Å². The summed E-state index contributed by atoms with van der Waals surface area (Å²) in [6.45, 7) is 4.25. The molecule has 0 N–H and O–H groups in total. The Morgan fingerprint density at radius 3 is 2.93 bits per heavy atom. The van der Waals surface area contributed by atoms with Gasteiger partial charge in [0.25, 0.3) is 0 Å². The van der Waals surface area contributed by atoms with Crippen LogP contribution in [0.3, 0.4) is 0 Å². The number of aryl methyl sites for hydroxylation is 1. The minimum Gasteiger partial charge on any atom is -0.460 e. The number of thioether (sulfide) groups is 1. The Balaban J connectivity index is 2.36. The molecule has 74 valence electrons. The standard InChI is InChI=1S/C12H14OS/c1-3-14-8-11-7-10-6-4-5-9(2)12(10)13-11/h4-7H,3,8H2,1-2H3. The lowest BCUT2D eigenvalue weighted by Crippen LogP contribution is -1.74. The van der Waals surface area contributed by atoms with Gasteiger partial charge in [0.15, 0.2) is 0 Å². The molecule has 2 aromatic rings. The molecule has 14 heavy (non-hydrogen) atoms. The number of hydrogen-bond donors (Lipinski definition) is 0. The molecular weight excluding hydrogens is 192 g/mol. The Bertz CT molecular complexity index is 431. The van der Waals surface area contributed by atoms with Crippen molar-refractivity contribution in [2.45, 2.75) is 19.6 Å². The smallest absolute Gasteiger partial charge is 0.137 e. The second-order valence-electron chi connectivity index (χ2n) is 3.34. The van der Waals surface area contributed by atoms with Crippen LogP contribution in [0, 0.1) is 6.92 Å². The van der Waals surface area contributed by atoms with Crippen molar-refractivity contribution < 1.29 is 4.42 Å². The van der Waals surface area contributed by atoms with Crippen molar-refractivity contribution in [3.63, 3.8) is 0 Å². The number of fused-ring (bicyclic) bond motifs is 1. The van der Waals surface area contributed by atoms with Gasteiger partial charge in [0.2, 0.25) is 0 Å². The van der Waals surface area contributed by atoms with Crippen LogP contribution in [0.25, 0.3) is 11.0 Å². The maximum Gasteiger partial charge on any atom is 0.137 e. The molecule has 2 rings (SSSR count). The predicted molar refractivity (Wildman–Crippen MR) is 62.8 cm³/mol. The van der Waals surface area contributed by atoms with E-state index in [9.17, 15) is 0 Å². The first-order valence-electron chi connectivity index (χ1n) is 4.87. The van der Waals surface area contributed by atoms with Crippen molar-refractivity contribution in [3.05, 3.63) is 35.6 Å². The topological polar surface area (TPSA) is 13.1 Å². The van der Waals surface area contributed by atoms with E-state index in [1.54, 1.807) is 0 Å².